The van der Waals surface area contributed by atoms with Gasteiger partial charge in [0.25, 0.3) is 0 Å². The first-order valence-corrected chi connectivity index (χ1v) is 6.38. The molecule has 86 valence electrons. The zero-order chi connectivity index (χ0) is 11.7. The Hall–Kier alpha value is -1.68. The first kappa shape index (κ1) is 10.5. The lowest BCUT2D eigenvalue weighted by molar-refractivity contribution is 0.414. The van der Waals surface area contributed by atoms with Crippen molar-refractivity contribution in [3.05, 3.63) is 45.9 Å². The first-order valence-electron chi connectivity index (χ1n) is 5.50. The number of aromatic nitrogens is 1. The molecule has 0 unspecified atom stereocenters. The molecule has 0 atom stereocenters. The zero-order valence-corrected chi connectivity index (χ0v) is 10.3. The van der Waals surface area contributed by atoms with Gasteiger partial charge in [0.2, 0.25) is 0 Å². The number of ether oxygens (including phenoxy) is 1. The van der Waals surface area contributed by atoms with Gasteiger partial charge in [-0.2, -0.15) is 0 Å². The van der Waals surface area contributed by atoms with Crippen molar-refractivity contribution in [2.75, 3.05) is 13.7 Å². The highest BCUT2D eigenvalue weighted by Crippen LogP contribution is 2.24. The molecule has 0 amide bonds. The summed E-state index contributed by atoms with van der Waals surface area (Å²) >= 11 is 1.71. The fourth-order valence-corrected chi connectivity index (χ4v) is 2.74. The van der Waals surface area contributed by atoms with E-state index in [0.29, 0.717) is 0 Å². The van der Waals surface area contributed by atoms with E-state index in [2.05, 4.69) is 16.0 Å². The third-order valence-corrected chi connectivity index (χ3v) is 3.71. The monoisotopic (exact) mass is 244 g/mol. The van der Waals surface area contributed by atoms with Crippen LogP contribution in [0.15, 0.2) is 34.8 Å². The second-order valence-corrected chi connectivity index (χ2v) is 4.78. The van der Waals surface area contributed by atoms with Crippen LogP contribution in [0.5, 0.6) is 5.75 Å². The smallest absolute Gasteiger partial charge is 0.119 e. The summed E-state index contributed by atoms with van der Waals surface area (Å²) in [5.41, 5.74) is 5.00. The molecule has 0 radical (unpaired) electrons. The van der Waals surface area contributed by atoms with Gasteiger partial charge in [0.1, 0.15) is 11.4 Å². The summed E-state index contributed by atoms with van der Waals surface area (Å²) in [6.45, 7) is 0.849. The van der Waals surface area contributed by atoms with Crippen molar-refractivity contribution < 1.29 is 4.74 Å². The van der Waals surface area contributed by atoms with Crippen molar-refractivity contribution in [3.63, 3.8) is 0 Å². The van der Waals surface area contributed by atoms with Crippen molar-refractivity contribution in [1.82, 2.24) is 4.98 Å². The van der Waals surface area contributed by atoms with Gasteiger partial charge in [0, 0.05) is 23.4 Å². The molecule has 0 N–H and O–H groups in total. The molecule has 0 spiro atoms. The first-order chi connectivity index (χ1) is 8.38. The minimum atomic E-state index is 0.849. The third kappa shape index (κ3) is 1.85. The molecular formula is C13H12N2OS. The van der Waals surface area contributed by atoms with Gasteiger partial charge in [-0.25, -0.2) is 4.98 Å². The molecule has 1 aliphatic heterocycles. The fourth-order valence-electron chi connectivity index (χ4n) is 1.98. The van der Waals surface area contributed by atoms with Gasteiger partial charge in [-0.15, -0.1) is 11.3 Å². The van der Waals surface area contributed by atoms with Crippen molar-refractivity contribution >= 4 is 17.0 Å². The summed E-state index contributed by atoms with van der Waals surface area (Å²) < 4.78 is 5.24. The summed E-state index contributed by atoms with van der Waals surface area (Å²) in [6, 6.07) is 7.98. The van der Waals surface area contributed by atoms with Gasteiger partial charge >= 0.3 is 0 Å². The molecule has 1 aromatic heterocycles. The number of nitrogens with zero attached hydrogens (tertiary/aromatic N) is 2. The molecule has 1 aromatic carbocycles. The average molecular weight is 244 g/mol. The summed E-state index contributed by atoms with van der Waals surface area (Å²) in [7, 11) is 1.68. The Morgan fingerprint density at radius 3 is 3.18 bits per heavy atom. The lowest BCUT2D eigenvalue weighted by Crippen LogP contribution is -2.13. The van der Waals surface area contributed by atoms with E-state index in [1.807, 2.05) is 23.7 Å². The topological polar surface area (TPSA) is 34.5 Å². The number of hydrogen-bond donors (Lipinski definition) is 0. The van der Waals surface area contributed by atoms with Crippen LogP contribution in [0, 0.1) is 0 Å². The molecule has 2 heterocycles. The number of benzene rings is 1. The Labute approximate surface area is 104 Å². The molecule has 1 aliphatic rings. The van der Waals surface area contributed by atoms with E-state index >= 15 is 0 Å². The van der Waals surface area contributed by atoms with Gasteiger partial charge in [-0.3, -0.25) is 4.99 Å². The van der Waals surface area contributed by atoms with Crippen LogP contribution in [0.4, 0.5) is 0 Å². The van der Waals surface area contributed by atoms with E-state index in [9.17, 15) is 0 Å². The van der Waals surface area contributed by atoms with Crippen molar-refractivity contribution in [2.24, 2.45) is 4.99 Å². The van der Waals surface area contributed by atoms with Crippen LogP contribution in [0.3, 0.4) is 0 Å². The third-order valence-electron chi connectivity index (χ3n) is 2.82. The highest BCUT2D eigenvalue weighted by atomic mass is 32.1. The average Bonchev–Trinajstić information content (AvgIpc) is 2.87. The zero-order valence-electron chi connectivity index (χ0n) is 9.51. The van der Waals surface area contributed by atoms with Crippen LogP contribution in [0.1, 0.15) is 16.1 Å². The molecule has 17 heavy (non-hydrogen) atoms. The number of fused-ring (bicyclic) bond motifs is 1. The quantitative estimate of drug-likeness (QED) is 0.813. The van der Waals surface area contributed by atoms with Crippen molar-refractivity contribution in [3.8, 4) is 5.75 Å². The summed E-state index contributed by atoms with van der Waals surface area (Å²) in [5, 5.41) is 0. The van der Waals surface area contributed by atoms with E-state index in [1.165, 1.54) is 4.88 Å². The number of thiazole rings is 1. The number of methoxy groups -OCH3 is 1. The largest absolute Gasteiger partial charge is 0.497 e. The Morgan fingerprint density at radius 2 is 2.29 bits per heavy atom. The van der Waals surface area contributed by atoms with Crippen LogP contribution >= 0.6 is 11.3 Å². The van der Waals surface area contributed by atoms with Crippen LogP contribution in [-0.2, 0) is 6.42 Å². The van der Waals surface area contributed by atoms with Crippen LogP contribution in [0.2, 0.25) is 0 Å². The van der Waals surface area contributed by atoms with E-state index in [4.69, 9.17) is 4.74 Å². The molecule has 0 bridgehead atoms. The summed E-state index contributed by atoms with van der Waals surface area (Å²) in [4.78, 5) is 10.3. The predicted molar refractivity (Wildman–Crippen MR) is 69.3 cm³/mol. The van der Waals surface area contributed by atoms with Crippen LogP contribution in [-0.4, -0.2) is 24.4 Å². The Kier molecular flexibility index (Phi) is 2.65. The van der Waals surface area contributed by atoms with Crippen molar-refractivity contribution in [2.45, 2.75) is 6.42 Å². The van der Waals surface area contributed by atoms with Crippen LogP contribution < -0.4 is 4.74 Å². The highest BCUT2D eigenvalue weighted by molar-refractivity contribution is 7.10. The minimum Gasteiger partial charge on any atom is -0.497 e. The van der Waals surface area contributed by atoms with E-state index < -0.39 is 0 Å². The van der Waals surface area contributed by atoms with Crippen LogP contribution in [0.25, 0.3) is 0 Å². The maximum Gasteiger partial charge on any atom is 0.119 e. The number of aliphatic imine (C=N–C) groups is 1. The Bertz CT molecular complexity index is 574. The molecule has 4 heteroatoms. The second kappa shape index (κ2) is 4.30. The van der Waals surface area contributed by atoms with Gasteiger partial charge in [-0.05, 0) is 12.1 Å². The fraction of sp³-hybridized carbons (Fsp3) is 0.231. The van der Waals surface area contributed by atoms with E-state index in [0.717, 1.165) is 35.7 Å². The Balaban J connectivity index is 2.07. The minimum absolute atomic E-state index is 0.849. The molecule has 3 nitrogen and oxygen atoms in total. The normalized spacial score (nSPS) is 14.1. The second-order valence-electron chi connectivity index (χ2n) is 3.84. The maximum absolute atomic E-state index is 5.24. The van der Waals surface area contributed by atoms with Gasteiger partial charge < -0.3 is 4.74 Å². The van der Waals surface area contributed by atoms with Gasteiger partial charge in [-0.1, -0.05) is 12.1 Å². The number of rotatable bonds is 2. The molecule has 3 rings (SSSR count). The maximum atomic E-state index is 5.24. The van der Waals surface area contributed by atoms with Gasteiger partial charge in [0.15, 0.2) is 0 Å². The summed E-state index contributed by atoms with van der Waals surface area (Å²) in [5.74, 6) is 0.854. The van der Waals surface area contributed by atoms with E-state index in [1.54, 1.807) is 18.4 Å². The lowest BCUT2D eigenvalue weighted by Gasteiger charge is -2.12. The predicted octanol–water partition coefficient (Wildman–Crippen LogP) is 2.55. The molecule has 2 aromatic rings. The molecule has 0 saturated carbocycles. The molecular weight excluding hydrogens is 232 g/mol. The lowest BCUT2D eigenvalue weighted by atomic mass is 10.0. The van der Waals surface area contributed by atoms with E-state index in [-0.39, 0.29) is 0 Å². The number of hydrogen-bond acceptors (Lipinski definition) is 4. The Morgan fingerprint density at radius 1 is 1.35 bits per heavy atom. The molecule has 0 fully saturated rings. The van der Waals surface area contributed by atoms with Crippen molar-refractivity contribution in [1.29, 1.82) is 0 Å². The molecule has 0 aliphatic carbocycles. The summed E-state index contributed by atoms with van der Waals surface area (Å²) in [6.07, 6.45) is 1.01. The SMILES string of the molecule is COc1cccc(C2=NCCc3scnc32)c1. The highest BCUT2D eigenvalue weighted by Gasteiger charge is 2.18. The van der Waals surface area contributed by atoms with Gasteiger partial charge in [0.05, 0.1) is 18.3 Å². The molecule has 0 saturated heterocycles. The standard InChI is InChI=1S/C13H12N2OS/c1-16-10-4-2-3-9(7-10)12-13-11(5-6-14-12)17-8-15-13/h2-4,7-8H,5-6H2,1H3.